The second-order valence-corrected chi connectivity index (χ2v) is 8.67. The first-order valence-electron chi connectivity index (χ1n) is 10.9. The zero-order valence-electron chi connectivity index (χ0n) is 18.2. The van der Waals surface area contributed by atoms with Crippen molar-refractivity contribution >= 4 is 28.4 Å². The Morgan fingerprint density at radius 2 is 1.94 bits per heavy atom. The first-order chi connectivity index (χ1) is 14.9. The zero-order valence-corrected chi connectivity index (χ0v) is 18.2. The molecule has 1 amide bonds. The monoisotopic (exact) mass is 419 g/mol. The highest BCUT2D eigenvalue weighted by molar-refractivity contribution is 6.02. The van der Waals surface area contributed by atoms with Crippen molar-refractivity contribution in [1.29, 1.82) is 5.26 Å². The second kappa shape index (κ2) is 9.09. The van der Waals surface area contributed by atoms with Gasteiger partial charge >= 0.3 is 0 Å². The summed E-state index contributed by atoms with van der Waals surface area (Å²) in [5.74, 6) is -1.04. The van der Waals surface area contributed by atoms with Crippen LogP contribution in [0.15, 0.2) is 42.0 Å². The predicted molar refractivity (Wildman–Crippen MR) is 122 cm³/mol. The SMILES string of the molecule is CC1(C)OCC(CNC(=O)/C(C#N)=C/c2ccc3cc(N4CCCCC4)ccc3c2)O1. The summed E-state index contributed by atoms with van der Waals surface area (Å²) in [7, 11) is 0. The molecule has 2 aromatic carbocycles. The van der Waals surface area contributed by atoms with Crippen LogP contribution in [0.2, 0.25) is 0 Å². The third-order valence-corrected chi connectivity index (χ3v) is 5.80. The van der Waals surface area contributed by atoms with Gasteiger partial charge in [0.2, 0.25) is 0 Å². The van der Waals surface area contributed by atoms with Crippen LogP contribution in [0.3, 0.4) is 0 Å². The predicted octanol–water partition coefficient (Wildman–Crippen LogP) is 4.00. The van der Waals surface area contributed by atoms with Crippen LogP contribution < -0.4 is 10.2 Å². The first kappa shape index (κ1) is 21.4. The van der Waals surface area contributed by atoms with Crippen LogP contribution in [-0.2, 0) is 14.3 Å². The Kier molecular flexibility index (Phi) is 6.26. The Balaban J connectivity index is 1.45. The fourth-order valence-corrected chi connectivity index (χ4v) is 4.17. The van der Waals surface area contributed by atoms with E-state index in [2.05, 4.69) is 28.4 Å². The third kappa shape index (κ3) is 5.25. The molecule has 162 valence electrons. The van der Waals surface area contributed by atoms with Gasteiger partial charge in [-0.1, -0.05) is 18.2 Å². The maximum Gasteiger partial charge on any atom is 0.262 e. The highest BCUT2D eigenvalue weighted by Gasteiger charge is 2.32. The van der Waals surface area contributed by atoms with Gasteiger partial charge < -0.3 is 19.7 Å². The highest BCUT2D eigenvalue weighted by atomic mass is 16.7. The molecule has 0 saturated carbocycles. The molecule has 2 aliphatic heterocycles. The minimum Gasteiger partial charge on any atom is -0.372 e. The van der Waals surface area contributed by atoms with E-state index < -0.39 is 11.7 Å². The number of ether oxygens (including phenoxy) is 2. The summed E-state index contributed by atoms with van der Waals surface area (Å²) < 4.78 is 11.2. The van der Waals surface area contributed by atoms with Gasteiger partial charge in [-0.05, 0) is 73.7 Å². The average Bonchev–Trinajstić information content (AvgIpc) is 3.14. The molecule has 1 unspecified atom stereocenters. The number of amides is 1. The molecule has 2 heterocycles. The summed E-state index contributed by atoms with van der Waals surface area (Å²) in [6.45, 7) is 6.63. The first-order valence-corrected chi connectivity index (χ1v) is 10.9. The molecule has 0 aliphatic carbocycles. The number of hydrogen-bond acceptors (Lipinski definition) is 5. The number of nitrogens with one attached hydrogen (secondary N) is 1. The van der Waals surface area contributed by atoms with Crippen LogP contribution in [0.1, 0.15) is 38.7 Å². The summed E-state index contributed by atoms with van der Waals surface area (Å²) >= 11 is 0. The van der Waals surface area contributed by atoms with Gasteiger partial charge in [0.25, 0.3) is 5.91 Å². The lowest BCUT2D eigenvalue weighted by molar-refractivity contribution is -0.139. The number of anilines is 1. The van der Waals surface area contributed by atoms with Gasteiger partial charge in [-0.15, -0.1) is 0 Å². The van der Waals surface area contributed by atoms with Gasteiger partial charge in [0, 0.05) is 25.3 Å². The molecule has 1 N–H and O–H groups in total. The van der Waals surface area contributed by atoms with E-state index >= 15 is 0 Å². The Morgan fingerprint density at radius 1 is 1.19 bits per heavy atom. The maximum atomic E-state index is 12.5. The van der Waals surface area contributed by atoms with Crippen molar-refractivity contribution in [3.63, 3.8) is 0 Å². The zero-order chi connectivity index (χ0) is 21.8. The van der Waals surface area contributed by atoms with Crippen LogP contribution >= 0.6 is 0 Å². The van der Waals surface area contributed by atoms with Gasteiger partial charge in [-0.3, -0.25) is 4.79 Å². The normalized spacial score (nSPS) is 21.1. The standard InChI is InChI=1S/C25H29N3O3/c1-25(2)30-17-23(31-25)16-27-24(29)21(15-26)13-18-6-7-20-14-22(9-8-19(20)12-18)28-10-4-3-5-11-28/h6-9,12-14,23H,3-5,10-11,16-17H2,1-2H3,(H,27,29)/b21-13+. The van der Waals surface area contributed by atoms with Crippen molar-refractivity contribution in [2.24, 2.45) is 0 Å². The van der Waals surface area contributed by atoms with Gasteiger partial charge in [0.05, 0.1) is 6.61 Å². The minimum atomic E-state index is -0.637. The fourth-order valence-electron chi connectivity index (χ4n) is 4.17. The van der Waals surface area contributed by atoms with Crippen LogP contribution in [0.4, 0.5) is 5.69 Å². The van der Waals surface area contributed by atoms with E-state index in [4.69, 9.17) is 9.47 Å². The number of rotatable bonds is 5. The Bertz CT molecular complexity index is 1030. The molecule has 6 heteroatoms. The average molecular weight is 420 g/mol. The summed E-state index contributed by atoms with van der Waals surface area (Å²) in [6, 6.07) is 14.5. The molecular formula is C25H29N3O3. The summed E-state index contributed by atoms with van der Waals surface area (Å²) in [5, 5.41) is 14.5. The van der Waals surface area contributed by atoms with E-state index in [1.54, 1.807) is 6.08 Å². The van der Waals surface area contributed by atoms with E-state index in [0.717, 1.165) is 29.4 Å². The molecule has 2 saturated heterocycles. The lowest BCUT2D eigenvalue weighted by Gasteiger charge is -2.29. The molecule has 1 atom stereocenters. The number of carbonyl (C=O) groups is 1. The largest absolute Gasteiger partial charge is 0.372 e. The number of piperidine rings is 1. The number of hydrogen-bond donors (Lipinski definition) is 1. The number of nitriles is 1. The molecule has 6 nitrogen and oxygen atoms in total. The Labute approximate surface area is 183 Å². The molecule has 0 radical (unpaired) electrons. The second-order valence-electron chi connectivity index (χ2n) is 8.67. The van der Waals surface area contributed by atoms with Gasteiger partial charge in [-0.25, -0.2) is 0 Å². The van der Waals surface area contributed by atoms with E-state index in [-0.39, 0.29) is 11.7 Å². The van der Waals surface area contributed by atoms with E-state index in [1.165, 1.54) is 24.9 Å². The Hall–Kier alpha value is -2.88. The summed E-state index contributed by atoms with van der Waals surface area (Å²) in [6.07, 6.45) is 5.22. The lowest BCUT2D eigenvalue weighted by atomic mass is 10.0. The topological polar surface area (TPSA) is 74.6 Å². The van der Waals surface area contributed by atoms with Crippen molar-refractivity contribution in [2.75, 3.05) is 31.1 Å². The number of nitrogens with zero attached hydrogens (tertiary/aromatic N) is 2. The number of fused-ring (bicyclic) bond motifs is 1. The van der Waals surface area contributed by atoms with Gasteiger partial charge in [0.1, 0.15) is 17.7 Å². The molecule has 0 spiro atoms. The van der Waals surface area contributed by atoms with Crippen molar-refractivity contribution in [3.8, 4) is 6.07 Å². The highest BCUT2D eigenvalue weighted by Crippen LogP contribution is 2.26. The molecular weight excluding hydrogens is 390 g/mol. The minimum absolute atomic E-state index is 0.0717. The quantitative estimate of drug-likeness (QED) is 0.586. The van der Waals surface area contributed by atoms with Gasteiger partial charge in [0.15, 0.2) is 5.79 Å². The number of carbonyl (C=O) groups excluding carboxylic acids is 1. The number of benzene rings is 2. The van der Waals surface area contributed by atoms with Crippen LogP contribution in [0, 0.1) is 11.3 Å². The van der Waals surface area contributed by atoms with E-state index in [0.29, 0.717) is 13.2 Å². The summed E-state index contributed by atoms with van der Waals surface area (Å²) in [5.41, 5.74) is 2.16. The molecule has 2 aliphatic rings. The molecule has 0 aromatic heterocycles. The van der Waals surface area contributed by atoms with Crippen molar-refractivity contribution < 1.29 is 14.3 Å². The molecule has 31 heavy (non-hydrogen) atoms. The Morgan fingerprint density at radius 3 is 2.65 bits per heavy atom. The van der Waals surface area contributed by atoms with Crippen molar-refractivity contribution in [1.82, 2.24) is 5.32 Å². The third-order valence-electron chi connectivity index (χ3n) is 5.80. The fraction of sp³-hybridized carbons (Fsp3) is 0.440. The molecule has 0 bridgehead atoms. The van der Waals surface area contributed by atoms with Crippen molar-refractivity contribution in [3.05, 3.63) is 47.5 Å². The molecule has 4 rings (SSSR count). The van der Waals surface area contributed by atoms with E-state index in [9.17, 15) is 10.1 Å². The van der Waals surface area contributed by atoms with Gasteiger partial charge in [-0.2, -0.15) is 5.26 Å². The maximum absolute atomic E-state index is 12.5. The molecule has 2 aromatic rings. The van der Waals surface area contributed by atoms with E-state index in [1.807, 2.05) is 38.1 Å². The van der Waals surface area contributed by atoms with Crippen LogP contribution in [-0.4, -0.2) is 44.0 Å². The lowest BCUT2D eigenvalue weighted by Crippen LogP contribution is -2.35. The summed E-state index contributed by atoms with van der Waals surface area (Å²) in [4.78, 5) is 14.9. The molecule has 2 fully saturated rings. The van der Waals surface area contributed by atoms with Crippen LogP contribution in [0.25, 0.3) is 16.8 Å². The smallest absolute Gasteiger partial charge is 0.262 e. The van der Waals surface area contributed by atoms with Crippen LogP contribution in [0.5, 0.6) is 0 Å². The van der Waals surface area contributed by atoms with Crippen molar-refractivity contribution in [2.45, 2.75) is 45.0 Å².